The smallest absolute Gasteiger partial charge is 0.185 e. The lowest BCUT2D eigenvalue weighted by Crippen LogP contribution is -2.16. The maximum Gasteiger partial charge on any atom is 0.185 e. The molecule has 0 N–H and O–H groups in total. The van der Waals surface area contributed by atoms with E-state index in [2.05, 4.69) is 15.9 Å². The van der Waals surface area contributed by atoms with E-state index in [-0.39, 0.29) is 16.9 Å². The summed E-state index contributed by atoms with van der Waals surface area (Å²) in [6, 6.07) is 8.64. The van der Waals surface area contributed by atoms with Crippen molar-refractivity contribution in [3.05, 3.63) is 64.7 Å². The van der Waals surface area contributed by atoms with Crippen molar-refractivity contribution in [3.63, 3.8) is 0 Å². The summed E-state index contributed by atoms with van der Waals surface area (Å²) in [6.07, 6.45) is 2.51. The molecule has 0 amide bonds. The predicted molar refractivity (Wildman–Crippen MR) is 100.0 cm³/mol. The van der Waals surface area contributed by atoms with E-state index in [1.165, 1.54) is 24.3 Å². The molecule has 2 nitrogen and oxygen atoms in total. The minimum Gasteiger partial charge on any atom is -0.223 e. The topological polar surface area (TPSA) is 34.1 Å². The quantitative estimate of drug-likeness (QED) is 0.359. The highest BCUT2D eigenvalue weighted by molar-refractivity contribution is 9.09. The molecule has 2 aromatic carbocycles. The molecule has 0 aliphatic heterocycles. The fourth-order valence-electron chi connectivity index (χ4n) is 2.63. The molecule has 1 atom stereocenters. The van der Waals surface area contributed by atoms with Crippen molar-refractivity contribution in [1.29, 1.82) is 0 Å². The number of benzene rings is 2. The van der Waals surface area contributed by atoms with Crippen LogP contribution in [-0.2, 0) is 9.84 Å². The van der Waals surface area contributed by atoms with E-state index in [0.717, 1.165) is 36.4 Å². The third-order valence-corrected chi connectivity index (χ3v) is 6.90. The third-order valence-electron chi connectivity index (χ3n) is 3.92. The molecule has 2 rings (SSSR count). The van der Waals surface area contributed by atoms with Gasteiger partial charge in [0.1, 0.15) is 11.6 Å². The van der Waals surface area contributed by atoms with Gasteiger partial charge in [0, 0.05) is 15.9 Å². The molecule has 25 heavy (non-hydrogen) atoms. The lowest BCUT2D eigenvalue weighted by atomic mass is 10.0. The summed E-state index contributed by atoms with van der Waals surface area (Å²) in [5, 5.41) is 0.0834. The van der Waals surface area contributed by atoms with E-state index in [1.807, 2.05) is 0 Å². The molecule has 0 aliphatic carbocycles. The van der Waals surface area contributed by atoms with E-state index in [4.69, 9.17) is 11.6 Å². The highest BCUT2D eigenvalue weighted by Crippen LogP contribution is 2.35. The van der Waals surface area contributed by atoms with Crippen molar-refractivity contribution >= 4 is 37.4 Å². The van der Waals surface area contributed by atoms with Gasteiger partial charge in [-0.2, -0.15) is 0 Å². The van der Waals surface area contributed by atoms with E-state index in [1.54, 1.807) is 0 Å². The number of sulfone groups is 1. The summed E-state index contributed by atoms with van der Waals surface area (Å²) in [7, 11) is -3.87. The molecular weight excluding hydrogens is 434 g/mol. The Morgan fingerprint density at radius 1 is 1.00 bits per heavy atom. The van der Waals surface area contributed by atoms with Gasteiger partial charge in [0.25, 0.3) is 0 Å². The van der Waals surface area contributed by atoms with E-state index in [9.17, 15) is 17.2 Å². The molecule has 0 fully saturated rings. The molecule has 0 saturated carbocycles. The minimum absolute atomic E-state index is 0.0473. The lowest BCUT2D eigenvalue weighted by molar-refractivity contribution is 0.541. The van der Waals surface area contributed by atoms with Gasteiger partial charge >= 0.3 is 0 Å². The van der Waals surface area contributed by atoms with Gasteiger partial charge in [-0.1, -0.05) is 40.4 Å². The zero-order chi connectivity index (χ0) is 18.4. The fourth-order valence-corrected chi connectivity index (χ4v) is 4.99. The Hall–Kier alpha value is -0.980. The Morgan fingerprint density at radius 2 is 1.68 bits per heavy atom. The first kappa shape index (κ1) is 20.3. The van der Waals surface area contributed by atoms with Gasteiger partial charge in [0.15, 0.2) is 9.84 Å². The first-order valence-corrected chi connectivity index (χ1v) is 10.9. The van der Waals surface area contributed by atoms with Crippen LogP contribution in [0.4, 0.5) is 8.78 Å². The largest absolute Gasteiger partial charge is 0.223 e. The van der Waals surface area contributed by atoms with Crippen LogP contribution < -0.4 is 0 Å². The van der Waals surface area contributed by atoms with Crippen LogP contribution in [-0.4, -0.2) is 13.7 Å². The number of alkyl halides is 1. The van der Waals surface area contributed by atoms with Crippen LogP contribution in [0.3, 0.4) is 0 Å². The molecule has 0 aromatic heterocycles. The van der Waals surface area contributed by atoms with Crippen LogP contribution in [0.2, 0.25) is 5.02 Å². The molecule has 0 heterocycles. The third kappa shape index (κ3) is 5.25. The van der Waals surface area contributed by atoms with Crippen LogP contribution >= 0.6 is 27.5 Å². The maximum absolute atomic E-state index is 14.2. The van der Waals surface area contributed by atoms with Gasteiger partial charge in [0.05, 0.1) is 10.1 Å². The second kappa shape index (κ2) is 9.10. The van der Waals surface area contributed by atoms with Crippen molar-refractivity contribution in [2.75, 3.05) is 5.33 Å². The summed E-state index contributed by atoms with van der Waals surface area (Å²) < 4.78 is 53.9. The zero-order valence-corrected chi connectivity index (χ0v) is 16.5. The number of rotatable bonds is 8. The summed E-state index contributed by atoms with van der Waals surface area (Å²) in [6.45, 7) is 0. The lowest BCUT2D eigenvalue weighted by Gasteiger charge is -2.19. The molecule has 0 aliphatic rings. The SMILES string of the molecule is O=S(=O)(c1ccc(Cl)cc1)C(CCCCCBr)c1cc(F)ccc1F. The number of hydrogen-bond acceptors (Lipinski definition) is 2. The molecule has 2 aromatic rings. The molecule has 7 heteroatoms. The maximum atomic E-state index is 14.2. The van der Waals surface area contributed by atoms with Crippen LogP contribution in [0.5, 0.6) is 0 Å². The van der Waals surface area contributed by atoms with E-state index < -0.39 is 26.7 Å². The van der Waals surface area contributed by atoms with Crippen molar-refractivity contribution in [1.82, 2.24) is 0 Å². The highest BCUT2D eigenvalue weighted by Gasteiger charge is 2.31. The molecule has 136 valence electrons. The Kier molecular flexibility index (Phi) is 7.40. The number of hydrogen-bond donors (Lipinski definition) is 0. The Balaban J connectivity index is 2.42. The molecule has 0 bridgehead atoms. The summed E-state index contributed by atoms with van der Waals surface area (Å²) in [5.74, 6) is -1.38. The van der Waals surface area contributed by atoms with Gasteiger partial charge in [0.2, 0.25) is 0 Å². The van der Waals surface area contributed by atoms with Crippen molar-refractivity contribution in [2.45, 2.75) is 35.8 Å². The summed E-state index contributed by atoms with van der Waals surface area (Å²) in [4.78, 5) is 0.0473. The van der Waals surface area contributed by atoms with Crippen LogP contribution in [0, 0.1) is 11.6 Å². The van der Waals surface area contributed by atoms with Gasteiger partial charge in [-0.25, -0.2) is 17.2 Å². The van der Waals surface area contributed by atoms with Gasteiger partial charge < -0.3 is 0 Å². The van der Waals surface area contributed by atoms with Crippen LogP contribution in [0.15, 0.2) is 47.4 Å². The molecule has 0 saturated heterocycles. The molecular formula is C18H18BrClF2O2S. The Bertz CT molecular complexity index is 810. The van der Waals surface area contributed by atoms with Crippen LogP contribution in [0.1, 0.15) is 36.5 Å². The minimum atomic E-state index is -3.87. The standard InChI is InChI=1S/C18H18BrClF2O2S/c19-11-3-1-2-4-18(16-12-14(21)7-10-17(16)22)25(23,24)15-8-5-13(20)6-9-15/h5-10,12,18H,1-4,11H2. The number of unbranched alkanes of at least 4 members (excludes halogenated alkanes) is 2. The average molecular weight is 452 g/mol. The summed E-state index contributed by atoms with van der Waals surface area (Å²) in [5.41, 5.74) is -0.131. The van der Waals surface area contributed by atoms with E-state index in [0.29, 0.717) is 11.4 Å². The summed E-state index contributed by atoms with van der Waals surface area (Å²) >= 11 is 9.14. The second-order valence-corrected chi connectivity index (χ2v) is 9.05. The van der Waals surface area contributed by atoms with Crippen molar-refractivity contribution in [2.24, 2.45) is 0 Å². The predicted octanol–water partition coefficient (Wildman–Crippen LogP) is 6.09. The fraction of sp³-hybridized carbons (Fsp3) is 0.333. The Morgan fingerprint density at radius 3 is 2.32 bits per heavy atom. The second-order valence-electron chi connectivity index (χ2n) is 5.69. The van der Waals surface area contributed by atoms with Gasteiger partial charge in [-0.05, 0) is 55.3 Å². The van der Waals surface area contributed by atoms with Crippen molar-refractivity contribution in [3.8, 4) is 0 Å². The zero-order valence-electron chi connectivity index (χ0n) is 13.4. The van der Waals surface area contributed by atoms with Crippen LogP contribution in [0.25, 0.3) is 0 Å². The molecule has 1 unspecified atom stereocenters. The average Bonchev–Trinajstić information content (AvgIpc) is 2.57. The normalized spacial score (nSPS) is 13.0. The first-order chi connectivity index (χ1) is 11.9. The monoisotopic (exact) mass is 450 g/mol. The Labute approximate surface area is 160 Å². The van der Waals surface area contributed by atoms with Gasteiger partial charge in [-0.15, -0.1) is 0 Å². The number of halogens is 4. The van der Waals surface area contributed by atoms with Gasteiger partial charge in [-0.3, -0.25) is 0 Å². The molecule has 0 spiro atoms. The molecule has 0 radical (unpaired) electrons. The highest BCUT2D eigenvalue weighted by atomic mass is 79.9. The van der Waals surface area contributed by atoms with Crippen molar-refractivity contribution < 1.29 is 17.2 Å². The first-order valence-electron chi connectivity index (χ1n) is 7.86. The van der Waals surface area contributed by atoms with E-state index >= 15 is 0 Å².